The molecule has 0 unspecified atom stereocenters. The minimum Gasteiger partial charge on any atom is -0.477 e. The molecule has 0 saturated carbocycles. The fourth-order valence-electron chi connectivity index (χ4n) is 0.375. The molecule has 0 aromatic carbocycles. The topological polar surface area (TPSA) is 66.0 Å². The largest absolute Gasteiger partial charge is 0.477 e. The third-order valence-electron chi connectivity index (χ3n) is 0.731. The molecule has 1 radical (unpaired) electrons. The van der Waals surface area contributed by atoms with Gasteiger partial charge in [0, 0.05) is 23.3 Å². The van der Waals surface area contributed by atoms with E-state index < -0.39 is 5.97 Å². The van der Waals surface area contributed by atoms with Gasteiger partial charge in [0.1, 0.15) is 5.69 Å². The van der Waals surface area contributed by atoms with Crippen molar-refractivity contribution in [1.29, 1.82) is 0 Å². The number of nitrogens with zero attached hydrogens (tertiary/aromatic N) is 1. The van der Waals surface area contributed by atoms with Crippen LogP contribution in [0.25, 0.3) is 0 Å². The van der Waals surface area contributed by atoms with Gasteiger partial charge >= 0.3 is 5.97 Å². The maximum Gasteiger partial charge on any atom is 0.353 e. The zero-order valence-electron chi connectivity index (χ0n) is 4.34. The third kappa shape index (κ3) is 1.87. The van der Waals surface area contributed by atoms with E-state index in [2.05, 4.69) is 10.2 Å². The quantitative estimate of drug-likeness (QED) is 0.583. The van der Waals surface area contributed by atoms with Crippen LogP contribution in [0.3, 0.4) is 0 Å². The summed E-state index contributed by atoms with van der Waals surface area (Å²) in [6, 6.07) is 1.39. The first-order chi connectivity index (χ1) is 3.80. The number of hydrogen-bond acceptors (Lipinski definition) is 2. The maximum atomic E-state index is 9.99. The molecule has 5 heteroatoms. The molecule has 0 amide bonds. The van der Waals surface area contributed by atoms with Gasteiger partial charge in [0.15, 0.2) is 0 Å². The molecule has 0 spiro atoms. The Morgan fingerprint density at radius 2 is 2.44 bits per heavy atom. The fraction of sp³-hybridized carbons (Fsp3) is 0. The van der Waals surface area contributed by atoms with Crippen LogP contribution in [0.2, 0.25) is 0 Å². The summed E-state index contributed by atoms with van der Waals surface area (Å²) in [6.07, 6.45) is 1.39. The maximum absolute atomic E-state index is 9.99. The number of hydrogen-bond donors (Lipinski definition) is 2. The summed E-state index contributed by atoms with van der Waals surface area (Å²) in [5.74, 6) is -0.984. The smallest absolute Gasteiger partial charge is 0.353 e. The molecule has 0 bridgehead atoms. The van der Waals surface area contributed by atoms with Gasteiger partial charge in [0.05, 0.1) is 0 Å². The SMILES string of the molecule is O=C(O)c1ccn[nH]1.[Mn]. The molecule has 0 fully saturated rings. The van der Waals surface area contributed by atoms with Crippen molar-refractivity contribution < 1.29 is 27.0 Å². The number of H-pyrrole nitrogens is 1. The first kappa shape index (κ1) is 8.20. The Morgan fingerprint density at radius 3 is 2.67 bits per heavy atom. The monoisotopic (exact) mass is 167 g/mol. The molecule has 0 atom stereocenters. The van der Waals surface area contributed by atoms with Crippen molar-refractivity contribution in [2.45, 2.75) is 0 Å². The van der Waals surface area contributed by atoms with Crippen LogP contribution >= 0.6 is 0 Å². The summed E-state index contributed by atoms with van der Waals surface area (Å²) in [5.41, 5.74) is 0.116. The van der Waals surface area contributed by atoms with E-state index in [1.165, 1.54) is 12.3 Å². The molecule has 0 aliphatic carbocycles. The second-order valence-electron chi connectivity index (χ2n) is 1.28. The van der Waals surface area contributed by atoms with E-state index in [0.717, 1.165) is 0 Å². The van der Waals surface area contributed by atoms with E-state index >= 15 is 0 Å². The van der Waals surface area contributed by atoms with Crippen LogP contribution in [0, 0.1) is 0 Å². The summed E-state index contributed by atoms with van der Waals surface area (Å²) in [6.45, 7) is 0. The van der Waals surface area contributed by atoms with Crippen LogP contribution < -0.4 is 0 Å². The van der Waals surface area contributed by atoms with E-state index in [4.69, 9.17) is 5.11 Å². The molecular formula is C4H4MnN2O2. The van der Waals surface area contributed by atoms with Crippen molar-refractivity contribution in [2.75, 3.05) is 0 Å². The minimum absolute atomic E-state index is 0. The van der Waals surface area contributed by atoms with Crippen molar-refractivity contribution in [2.24, 2.45) is 0 Å². The summed E-state index contributed by atoms with van der Waals surface area (Å²) < 4.78 is 0. The normalized spacial score (nSPS) is 8.00. The second kappa shape index (κ2) is 3.27. The van der Waals surface area contributed by atoms with E-state index in [1.54, 1.807) is 0 Å². The molecule has 49 valence electrons. The third-order valence-corrected chi connectivity index (χ3v) is 0.731. The van der Waals surface area contributed by atoms with Crippen molar-refractivity contribution in [1.82, 2.24) is 10.2 Å². The predicted molar refractivity (Wildman–Crippen MR) is 25.5 cm³/mol. The van der Waals surface area contributed by atoms with E-state index in [9.17, 15) is 4.79 Å². The zero-order valence-corrected chi connectivity index (χ0v) is 5.52. The first-order valence-electron chi connectivity index (χ1n) is 2.03. The summed E-state index contributed by atoms with van der Waals surface area (Å²) in [4.78, 5) is 9.99. The van der Waals surface area contributed by atoms with Crippen molar-refractivity contribution in [3.05, 3.63) is 18.0 Å². The number of aromatic carboxylic acids is 1. The van der Waals surface area contributed by atoms with Gasteiger partial charge in [-0.15, -0.1) is 0 Å². The Hall–Kier alpha value is -0.801. The van der Waals surface area contributed by atoms with Crippen molar-refractivity contribution >= 4 is 5.97 Å². The zero-order chi connectivity index (χ0) is 5.98. The first-order valence-corrected chi connectivity index (χ1v) is 2.03. The van der Waals surface area contributed by atoms with Crippen molar-refractivity contribution in [3.63, 3.8) is 0 Å². The van der Waals surface area contributed by atoms with Gasteiger partial charge < -0.3 is 5.11 Å². The van der Waals surface area contributed by atoms with E-state index in [1.807, 2.05) is 0 Å². The molecule has 2 N–H and O–H groups in total. The fourth-order valence-corrected chi connectivity index (χ4v) is 0.375. The van der Waals surface area contributed by atoms with E-state index in [-0.39, 0.29) is 22.8 Å². The number of rotatable bonds is 1. The number of aromatic nitrogens is 2. The summed E-state index contributed by atoms with van der Waals surface area (Å²) >= 11 is 0. The Kier molecular flexibility index (Phi) is 2.98. The van der Waals surface area contributed by atoms with Gasteiger partial charge in [-0.25, -0.2) is 4.79 Å². The molecular weight excluding hydrogens is 163 g/mol. The molecule has 9 heavy (non-hydrogen) atoms. The average molecular weight is 167 g/mol. The molecule has 0 saturated heterocycles. The summed E-state index contributed by atoms with van der Waals surface area (Å²) in [5, 5.41) is 13.9. The number of aromatic amines is 1. The van der Waals surface area contributed by atoms with Gasteiger partial charge in [0.2, 0.25) is 0 Å². The van der Waals surface area contributed by atoms with Crippen molar-refractivity contribution in [3.8, 4) is 0 Å². The molecule has 0 aliphatic rings. The number of nitrogens with one attached hydrogen (secondary N) is 1. The standard InChI is InChI=1S/C4H4N2O2.Mn/c7-4(8)3-1-2-5-6-3;/h1-2H,(H,5,6)(H,7,8);. The molecule has 1 aromatic heterocycles. The van der Waals surface area contributed by atoms with Crippen LogP contribution in [0.15, 0.2) is 12.3 Å². The second-order valence-corrected chi connectivity index (χ2v) is 1.28. The van der Waals surface area contributed by atoms with Crippen LogP contribution in [0.5, 0.6) is 0 Å². The van der Waals surface area contributed by atoms with Gasteiger partial charge in [-0.2, -0.15) is 5.10 Å². The summed E-state index contributed by atoms with van der Waals surface area (Å²) in [7, 11) is 0. The number of carboxylic acid groups (broad SMARTS) is 1. The number of carbonyl (C=O) groups is 1. The number of carboxylic acids is 1. The average Bonchev–Trinajstić information content (AvgIpc) is 2.12. The van der Waals surface area contributed by atoms with Gasteiger partial charge in [-0.3, -0.25) is 5.10 Å². The van der Waals surface area contributed by atoms with Gasteiger partial charge in [-0.1, -0.05) is 0 Å². The van der Waals surface area contributed by atoms with E-state index in [0.29, 0.717) is 0 Å². The Bertz CT molecular complexity index is 184. The van der Waals surface area contributed by atoms with Crippen LogP contribution in [-0.2, 0) is 17.1 Å². The molecule has 0 aliphatic heterocycles. The van der Waals surface area contributed by atoms with Gasteiger partial charge in [-0.05, 0) is 6.07 Å². The molecule has 1 aromatic rings. The Balaban J connectivity index is 0.000000640. The Morgan fingerprint density at radius 1 is 1.78 bits per heavy atom. The van der Waals surface area contributed by atoms with Crippen LogP contribution in [-0.4, -0.2) is 21.3 Å². The predicted octanol–water partition coefficient (Wildman–Crippen LogP) is 0.105. The molecule has 1 rings (SSSR count). The molecule has 4 nitrogen and oxygen atoms in total. The minimum atomic E-state index is -0.984. The van der Waals surface area contributed by atoms with Crippen LogP contribution in [0.4, 0.5) is 0 Å². The van der Waals surface area contributed by atoms with Crippen LogP contribution in [0.1, 0.15) is 10.5 Å². The molecule has 1 heterocycles. The Labute approximate surface area is 61.7 Å². The van der Waals surface area contributed by atoms with Gasteiger partial charge in [0.25, 0.3) is 0 Å².